The molecule has 0 bridgehead atoms. The first-order valence-corrected chi connectivity index (χ1v) is 11.7. The van der Waals surface area contributed by atoms with Gasteiger partial charge < -0.3 is 14.3 Å². The van der Waals surface area contributed by atoms with Crippen LogP contribution in [-0.4, -0.2) is 18.8 Å². The normalized spacial score (nSPS) is 17.6. The molecule has 2 unspecified atom stereocenters. The molecular formula is C27H24NO3S+. The summed E-state index contributed by atoms with van der Waals surface area (Å²) in [6.07, 6.45) is 3.58. The highest BCUT2D eigenvalue weighted by Crippen LogP contribution is 2.48. The second-order valence-electron chi connectivity index (χ2n) is 8.42. The summed E-state index contributed by atoms with van der Waals surface area (Å²) in [5.41, 5.74) is 4.56. The van der Waals surface area contributed by atoms with E-state index in [4.69, 9.17) is 9.15 Å². The number of methoxy groups -OCH3 is 1. The summed E-state index contributed by atoms with van der Waals surface area (Å²) >= 11 is 1.81. The number of aliphatic hydroxyl groups excluding tert-OH is 1. The summed E-state index contributed by atoms with van der Waals surface area (Å²) in [5.74, 6) is 1.84. The molecule has 1 N–H and O–H groups in total. The van der Waals surface area contributed by atoms with Gasteiger partial charge in [0.05, 0.1) is 24.7 Å². The Labute approximate surface area is 190 Å². The van der Waals surface area contributed by atoms with Gasteiger partial charge in [-0.3, -0.25) is 0 Å². The topological polar surface area (TPSA) is 46.5 Å². The Balaban J connectivity index is 1.64. The quantitative estimate of drug-likeness (QED) is 0.247. The van der Waals surface area contributed by atoms with Gasteiger partial charge in [0.1, 0.15) is 16.0 Å². The van der Waals surface area contributed by atoms with Crippen molar-refractivity contribution in [3.8, 4) is 11.3 Å². The van der Waals surface area contributed by atoms with Crippen LogP contribution in [0.25, 0.3) is 42.6 Å². The number of aromatic nitrogens is 1. The lowest BCUT2D eigenvalue weighted by Gasteiger charge is -2.28. The zero-order valence-corrected chi connectivity index (χ0v) is 18.7. The van der Waals surface area contributed by atoms with Gasteiger partial charge in [0.25, 0.3) is 0 Å². The van der Waals surface area contributed by atoms with E-state index in [2.05, 4.69) is 53.7 Å². The number of ether oxygens (including phenoxy) is 1. The monoisotopic (exact) mass is 442 g/mol. The third kappa shape index (κ3) is 2.81. The molecule has 2 aromatic carbocycles. The fourth-order valence-electron chi connectivity index (χ4n) is 5.23. The van der Waals surface area contributed by atoms with Gasteiger partial charge in [-0.1, -0.05) is 36.9 Å². The molecule has 4 heterocycles. The van der Waals surface area contributed by atoms with Crippen LogP contribution in [0, 0.1) is 0 Å². The molecule has 4 nitrogen and oxygen atoms in total. The average Bonchev–Trinajstić information content (AvgIpc) is 3.42. The minimum Gasteiger partial charge on any atom is -0.501 e. The molecule has 0 radical (unpaired) electrons. The average molecular weight is 443 g/mol. The fourth-order valence-corrected chi connectivity index (χ4v) is 6.50. The number of benzene rings is 2. The Hall–Kier alpha value is -3.15. The molecule has 160 valence electrons. The number of aliphatic hydroxyl groups is 1. The van der Waals surface area contributed by atoms with E-state index in [1.54, 1.807) is 7.11 Å². The van der Waals surface area contributed by atoms with Crippen LogP contribution in [0.4, 0.5) is 0 Å². The van der Waals surface area contributed by atoms with E-state index in [0.29, 0.717) is 12.8 Å². The van der Waals surface area contributed by atoms with Gasteiger partial charge in [-0.2, -0.15) is 4.57 Å². The minimum absolute atomic E-state index is 0.134. The van der Waals surface area contributed by atoms with Gasteiger partial charge >= 0.3 is 0 Å². The third-order valence-electron chi connectivity index (χ3n) is 6.70. The summed E-state index contributed by atoms with van der Waals surface area (Å²) in [6, 6.07) is 19.1. The van der Waals surface area contributed by atoms with E-state index < -0.39 is 0 Å². The molecule has 1 aliphatic heterocycles. The van der Waals surface area contributed by atoms with E-state index in [1.165, 1.54) is 25.9 Å². The van der Waals surface area contributed by atoms with E-state index in [0.717, 1.165) is 28.1 Å². The summed E-state index contributed by atoms with van der Waals surface area (Å²) in [5, 5.41) is 12.3. The van der Waals surface area contributed by atoms with Gasteiger partial charge in [-0.15, -0.1) is 11.3 Å². The first-order chi connectivity index (χ1) is 15.7. The molecule has 0 spiro atoms. The number of nitrogens with zero attached hydrogens (tertiary/aromatic N) is 1. The molecule has 0 fully saturated rings. The molecule has 0 saturated carbocycles. The number of rotatable bonds is 6. The highest BCUT2D eigenvalue weighted by atomic mass is 32.1. The van der Waals surface area contributed by atoms with Crippen molar-refractivity contribution in [3.63, 3.8) is 0 Å². The van der Waals surface area contributed by atoms with E-state index in [-0.39, 0.29) is 18.6 Å². The maximum absolute atomic E-state index is 9.86. The van der Waals surface area contributed by atoms with Crippen LogP contribution in [0.2, 0.25) is 0 Å². The summed E-state index contributed by atoms with van der Waals surface area (Å²) in [4.78, 5) is 0. The summed E-state index contributed by atoms with van der Waals surface area (Å²) in [7, 11) is 1.67. The van der Waals surface area contributed by atoms with Crippen LogP contribution in [0.3, 0.4) is 0 Å². The zero-order chi connectivity index (χ0) is 21.8. The standard InChI is InChI=1S/C27H24NO3S/c1-16(30-2)14-21-18(11-13-29)19-7-5-9-24-25(19)26-27(32-24)20(10-12-28(21)26)23-15-17-6-3-4-8-22(17)31-23/h3-10,12,15,18,21,29H,1,11,13-14H2,2H3/q+1. The number of pyridine rings is 1. The Morgan fingerprint density at radius 1 is 1.19 bits per heavy atom. The molecule has 0 amide bonds. The van der Waals surface area contributed by atoms with Gasteiger partial charge in [-0.25, -0.2) is 0 Å². The maximum Gasteiger partial charge on any atom is 0.232 e. The molecular weight excluding hydrogens is 418 g/mol. The number of furan rings is 1. The van der Waals surface area contributed by atoms with Crippen LogP contribution in [0.5, 0.6) is 0 Å². The first-order valence-electron chi connectivity index (χ1n) is 10.9. The Morgan fingerprint density at radius 3 is 2.88 bits per heavy atom. The fraction of sp³-hybridized carbons (Fsp3) is 0.222. The third-order valence-corrected chi connectivity index (χ3v) is 7.88. The number of hydrogen-bond donors (Lipinski definition) is 1. The van der Waals surface area contributed by atoms with Gasteiger partial charge in [0, 0.05) is 34.2 Å². The van der Waals surface area contributed by atoms with E-state index >= 15 is 0 Å². The Morgan fingerprint density at radius 2 is 2.06 bits per heavy atom. The van der Waals surface area contributed by atoms with E-state index in [1.807, 2.05) is 29.5 Å². The molecule has 0 aliphatic carbocycles. The van der Waals surface area contributed by atoms with Crippen LogP contribution >= 0.6 is 11.3 Å². The summed E-state index contributed by atoms with van der Waals surface area (Å²) < 4.78 is 16.6. The molecule has 32 heavy (non-hydrogen) atoms. The first kappa shape index (κ1) is 19.5. The number of fused-ring (bicyclic) bond motifs is 1. The highest BCUT2D eigenvalue weighted by molar-refractivity contribution is 7.26. The molecule has 0 saturated heterocycles. The second-order valence-corrected chi connectivity index (χ2v) is 9.47. The largest absolute Gasteiger partial charge is 0.501 e. The number of para-hydroxylation sites is 1. The predicted molar refractivity (Wildman–Crippen MR) is 129 cm³/mol. The number of thiophene rings is 1. The molecule has 3 aromatic heterocycles. The Bertz CT molecular complexity index is 1460. The Kier molecular flexibility index (Phi) is 4.56. The SMILES string of the molecule is C=C(CC1C(CCO)c2cccc3sc4c(-c5cc6ccccc6o5)cc[n+]1c4c23)OC. The maximum atomic E-state index is 9.86. The van der Waals surface area contributed by atoms with Gasteiger partial charge in [0.2, 0.25) is 5.52 Å². The van der Waals surface area contributed by atoms with Crippen LogP contribution in [0.1, 0.15) is 30.4 Å². The van der Waals surface area contributed by atoms with Gasteiger partial charge in [0.15, 0.2) is 12.2 Å². The number of hydrogen-bond acceptors (Lipinski definition) is 4. The van der Waals surface area contributed by atoms with Crippen molar-refractivity contribution >= 4 is 42.6 Å². The lowest BCUT2D eigenvalue weighted by atomic mass is 9.82. The minimum atomic E-state index is 0.134. The van der Waals surface area contributed by atoms with Crippen molar-refractivity contribution in [3.05, 3.63) is 78.7 Å². The van der Waals surface area contributed by atoms with Crippen molar-refractivity contribution in [1.29, 1.82) is 0 Å². The molecule has 6 rings (SSSR count). The smallest absolute Gasteiger partial charge is 0.232 e. The molecule has 5 aromatic rings. The highest BCUT2D eigenvalue weighted by Gasteiger charge is 2.40. The predicted octanol–water partition coefficient (Wildman–Crippen LogP) is 6.33. The van der Waals surface area contributed by atoms with Crippen molar-refractivity contribution in [1.82, 2.24) is 0 Å². The van der Waals surface area contributed by atoms with Crippen molar-refractivity contribution in [2.45, 2.75) is 24.8 Å². The van der Waals surface area contributed by atoms with Crippen molar-refractivity contribution in [2.75, 3.05) is 13.7 Å². The van der Waals surface area contributed by atoms with Crippen molar-refractivity contribution in [2.24, 2.45) is 0 Å². The molecule has 5 heteroatoms. The van der Waals surface area contributed by atoms with Crippen LogP contribution < -0.4 is 4.57 Å². The lowest BCUT2D eigenvalue weighted by Crippen LogP contribution is -2.45. The van der Waals surface area contributed by atoms with Crippen molar-refractivity contribution < 1.29 is 18.8 Å². The van der Waals surface area contributed by atoms with Crippen LogP contribution in [0.15, 0.2) is 77.5 Å². The molecule has 1 aliphatic rings. The summed E-state index contributed by atoms with van der Waals surface area (Å²) in [6.45, 7) is 4.25. The van der Waals surface area contributed by atoms with Gasteiger partial charge in [-0.05, 0) is 30.2 Å². The lowest BCUT2D eigenvalue weighted by molar-refractivity contribution is -0.702. The van der Waals surface area contributed by atoms with E-state index in [9.17, 15) is 5.11 Å². The number of allylic oxidation sites excluding steroid dienone is 1. The zero-order valence-electron chi connectivity index (χ0n) is 17.9. The van der Waals surface area contributed by atoms with Crippen LogP contribution in [-0.2, 0) is 4.74 Å². The molecule has 2 atom stereocenters. The second kappa shape index (κ2) is 7.47.